The summed E-state index contributed by atoms with van der Waals surface area (Å²) in [7, 11) is 0. The van der Waals surface area contributed by atoms with Crippen molar-refractivity contribution >= 4 is 0 Å². The second-order valence-electron chi connectivity index (χ2n) is 2.10. The summed E-state index contributed by atoms with van der Waals surface area (Å²) in [6.07, 6.45) is -4.71. The molecule has 0 heterocycles. The highest BCUT2D eigenvalue weighted by Gasteiger charge is 2.30. The summed E-state index contributed by atoms with van der Waals surface area (Å²) < 4.78 is 38.4. The van der Waals surface area contributed by atoms with Crippen LogP contribution in [0.4, 0.5) is 13.2 Å². The summed E-state index contributed by atoms with van der Waals surface area (Å²) in [5.74, 6) is -0.383. The fourth-order valence-corrected chi connectivity index (χ4v) is 0.677. The van der Waals surface area contributed by atoms with Gasteiger partial charge in [0.05, 0.1) is 11.6 Å². The first-order valence-corrected chi connectivity index (χ1v) is 3.19. The molecular weight excluding hydrogens is 183 g/mol. The average molecular weight is 186 g/mol. The third-order valence-electron chi connectivity index (χ3n) is 1.14. The normalized spacial score (nSPS) is 10.6. The molecule has 0 aliphatic carbocycles. The van der Waals surface area contributed by atoms with Crippen LogP contribution in [0.5, 0.6) is 5.75 Å². The minimum atomic E-state index is -4.71. The molecule has 13 heavy (non-hydrogen) atoms. The highest BCUT2D eigenvalue weighted by molar-refractivity contribution is 5.33. The molecule has 0 aliphatic heterocycles. The van der Waals surface area contributed by atoms with Gasteiger partial charge in [-0.2, -0.15) is 5.26 Å². The first-order valence-electron chi connectivity index (χ1n) is 3.19. The summed E-state index contributed by atoms with van der Waals surface area (Å²) in [5.41, 5.74) is 0.162. The Morgan fingerprint density at radius 3 is 2.46 bits per heavy atom. The number of alkyl halides is 3. The van der Waals surface area contributed by atoms with Crippen molar-refractivity contribution in [3.63, 3.8) is 0 Å². The maximum absolute atomic E-state index is 11.6. The zero-order chi connectivity index (χ0) is 9.90. The molecule has 0 unspecified atom stereocenters. The highest BCUT2D eigenvalue weighted by Crippen LogP contribution is 2.22. The number of hydrogen-bond acceptors (Lipinski definition) is 2. The predicted molar refractivity (Wildman–Crippen MR) is 36.7 cm³/mol. The van der Waals surface area contributed by atoms with Crippen molar-refractivity contribution in [3.8, 4) is 11.8 Å². The molecule has 1 radical (unpaired) electrons. The zero-order valence-electron chi connectivity index (χ0n) is 6.22. The van der Waals surface area contributed by atoms with E-state index in [0.717, 1.165) is 12.1 Å². The number of ether oxygens (including phenoxy) is 1. The maximum atomic E-state index is 11.6. The second-order valence-corrected chi connectivity index (χ2v) is 2.10. The van der Waals surface area contributed by atoms with Crippen molar-refractivity contribution in [2.45, 2.75) is 6.36 Å². The highest BCUT2D eigenvalue weighted by atomic mass is 19.4. The number of benzene rings is 1. The Kier molecular flexibility index (Phi) is 2.42. The van der Waals surface area contributed by atoms with E-state index in [4.69, 9.17) is 5.26 Å². The predicted octanol–water partition coefficient (Wildman–Crippen LogP) is 2.26. The van der Waals surface area contributed by atoms with Crippen molar-refractivity contribution in [2.24, 2.45) is 0 Å². The van der Waals surface area contributed by atoms with Crippen LogP contribution < -0.4 is 4.74 Å². The lowest BCUT2D eigenvalue weighted by molar-refractivity contribution is -0.274. The van der Waals surface area contributed by atoms with Crippen LogP contribution in [0.3, 0.4) is 0 Å². The molecule has 67 valence electrons. The van der Waals surface area contributed by atoms with E-state index >= 15 is 0 Å². The number of rotatable bonds is 1. The van der Waals surface area contributed by atoms with Crippen molar-refractivity contribution in [3.05, 3.63) is 29.8 Å². The second kappa shape index (κ2) is 3.35. The molecule has 1 aromatic rings. The summed E-state index contributed by atoms with van der Waals surface area (Å²) in [6.45, 7) is 0. The summed E-state index contributed by atoms with van der Waals surface area (Å²) in [4.78, 5) is 0. The van der Waals surface area contributed by atoms with Crippen LogP contribution in [0.1, 0.15) is 5.56 Å². The van der Waals surface area contributed by atoms with Crippen LogP contribution in [-0.2, 0) is 0 Å². The molecule has 0 atom stereocenters. The van der Waals surface area contributed by atoms with E-state index in [2.05, 4.69) is 10.8 Å². The van der Waals surface area contributed by atoms with Crippen molar-refractivity contribution in [2.75, 3.05) is 0 Å². The zero-order valence-corrected chi connectivity index (χ0v) is 6.22. The third-order valence-corrected chi connectivity index (χ3v) is 1.14. The van der Waals surface area contributed by atoms with Crippen LogP contribution in [0, 0.1) is 17.4 Å². The van der Waals surface area contributed by atoms with E-state index < -0.39 is 6.36 Å². The van der Waals surface area contributed by atoms with Gasteiger partial charge in [-0.05, 0) is 18.2 Å². The minimum Gasteiger partial charge on any atom is -0.406 e. The van der Waals surface area contributed by atoms with Crippen LogP contribution in [0.2, 0.25) is 0 Å². The van der Waals surface area contributed by atoms with Crippen LogP contribution in [-0.4, -0.2) is 6.36 Å². The van der Waals surface area contributed by atoms with Crippen LogP contribution in [0.15, 0.2) is 18.2 Å². The molecule has 0 N–H and O–H groups in total. The van der Waals surface area contributed by atoms with Gasteiger partial charge in [-0.15, -0.1) is 13.2 Å². The lowest BCUT2D eigenvalue weighted by atomic mass is 10.2. The van der Waals surface area contributed by atoms with E-state index in [-0.39, 0.29) is 11.3 Å². The van der Waals surface area contributed by atoms with E-state index in [1.165, 1.54) is 6.07 Å². The Morgan fingerprint density at radius 1 is 1.38 bits per heavy atom. The molecule has 1 rings (SSSR count). The Morgan fingerprint density at radius 2 is 2.08 bits per heavy atom. The standard InChI is InChI=1S/C8H3F3NO/c9-8(10,11)13-7-3-1-6(5-12)2-4-7/h1,3-4H. The summed E-state index contributed by atoms with van der Waals surface area (Å²) >= 11 is 0. The van der Waals surface area contributed by atoms with Gasteiger partial charge >= 0.3 is 6.36 Å². The van der Waals surface area contributed by atoms with Gasteiger partial charge in [0.15, 0.2) is 0 Å². The first kappa shape index (κ1) is 9.39. The molecule has 0 amide bonds. The molecule has 0 aliphatic rings. The lowest BCUT2D eigenvalue weighted by Gasteiger charge is -2.07. The molecule has 0 aromatic heterocycles. The van der Waals surface area contributed by atoms with Gasteiger partial charge in [0.1, 0.15) is 5.75 Å². The van der Waals surface area contributed by atoms with E-state index in [1.54, 1.807) is 6.07 Å². The van der Waals surface area contributed by atoms with Crippen molar-refractivity contribution < 1.29 is 17.9 Å². The van der Waals surface area contributed by atoms with Gasteiger partial charge in [0.2, 0.25) is 0 Å². The SMILES string of the molecule is N#Cc1[c]cc(OC(F)(F)F)cc1. The van der Waals surface area contributed by atoms with Gasteiger partial charge in [-0.3, -0.25) is 0 Å². The smallest absolute Gasteiger partial charge is 0.406 e. The van der Waals surface area contributed by atoms with E-state index in [0.29, 0.717) is 0 Å². The molecule has 5 heteroatoms. The number of nitrogens with zero attached hydrogens (tertiary/aromatic N) is 1. The summed E-state index contributed by atoms with van der Waals surface area (Å²) in [6, 6.07) is 7.27. The van der Waals surface area contributed by atoms with Crippen LogP contribution >= 0.6 is 0 Å². The Balaban J connectivity index is 2.77. The van der Waals surface area contributed by atoms with Gasteiger partial charge < -0.3 is 4.74 Å². The molecule has 0 saturated carbocycles. The number of hydrogen-bond donors (Lipinski definition) is 0. The average Bonchev–Trinajstić information content (AvgIpc) is 2.03. The topological polar surface area (TPSA) is 33.0 Å². The van der Waals surface area contributed by atoms with Crippen molar-refractivity contribution in [1.29, 1.82) is 5.26 Å². The monoisotopic (exact) mass is 186 g/mol. The molecule has 0 fully saturated rings. The molecule has 0 bridgehead atoms. The van der Waals surface area contributed by atoms with Crippen molar-refractivity contribution in [1.82, 2.24) is 0 Å². The molecule has 1 aromatic carbocycles. The fraction of sp³-hybridized carbons (Fsp3) is 0.125. The number of nitriles is 1. The lowest BCUT2D eigenvalue weighted by Crippen LogP contribution is -2.16. The minimum absolute atomic E-state index is 0.162. The van der Waals surface area contributed by atoms with Gasteiger partial charge in [-0.1, -0.05) is 0 Å². The maximum Gasteiger partial charge on any atom is 0.573 e. The van der Waals surface area contributed by atoms with E-state index in [9.17, 15) is 13.2 Å². The molecule has 2 nitrogen and oxygen atoms in total. The van der Waals surface area contributed by atoms with Gasteiger partial charge in [-0.25, -0.2) is 0 Å². The summed E-state index contributed by atoms with van der Waals surface area (Å²) in [5, 5.41) is 8.32. The Hall–Kier alpha value is -1.70. The third kappa shape index (κ3) is 3.03. The van der Waals surface area contributed by atoms with Crippen LogP contribution in [0.25, 0.3) is 0 Å². The molecule has 0 saturated heterocycles. The van der Waals surface area contributed by atoms with Gasteiger partial charge in [0.25, 0.3) is 0 Å². The molecule has 0 spiro atoms. The number of halogens is 3. The first-order chi connectivity index (χ1) is 6.01. The fourth-order valence-electron chi connectivity index (χ4n) is 0.677. The molecular formula is C8H3F3NO. The van der Waals surface area contributed by atoms with E-state index in [1.807, 2.05) is 0 Å². The quantitative estimate of drug-likeness (QED) is 0.673. The Labute approximate surface area is 72.2 Å². The largest absolute Gasteiger partial charge is 0.573 e. The Bertz CT molecular complexity index is 323. The van der Waals surface area contributed by atoms with Gasteiger partial charge in [0, 0.05) is 6.07 Å².